The van der Waals surface area contributed by atoms with Crippen LogP contribution in [0.25, 0.3) is 0 Å². The highest BCUT2D eigenvalue weighted by atomic mass is 32.2. The van der Waals surface area contributed by atoms with Crippen LogP contribution in [0, 0.1) is 5.92 Å². The number of hydrogen-bond donors (Lipinski definition) is 1. The summed E-state index contributed by atoms with van der Waals surface area (Å²) >= 11 is 1.62. The number of aliphatic hydroxyl groups excluding tert-OH is 1. The molecule has 1 heterocycles. The Bertz CT molecular complexity index is 196. The van der Waals surface area contributed by atoms with Gasteiger partial charge in [0.15, 0.2) is 0 Å². The van der Waals surface area contributed by atoms with E-state index in [2.05, 4.69) is 6.92 Å². The number of carbonyl (C=O) groups is 1. The van der Waals surface area contributed by atoms with Crippen LogP contribution in [0.2, 0.25) is 0 Å². The zero-order chi connectivity index (χ0) is 11.1. The number of aliphatic hydroxyl groups is 1. The molecular weight excluding hydrogens is 212 g/mol. The fourth-order valence-corrected chi connectivity index (χ4v) is 2.80. The molecule has 0 bridgehead atoms. The number of hydrogen-bond acceptors (Lipinski definition) is 4. The third-order valence-electron chi connectivity index (χ3n) is 2.60. The quantitative estimate of drug-likeness (QED) is 0.560. The van der Waals surface area contributed by atoms with Gasteiger partial charge in [-0.3, -0.25) is 4.79 Å². The highest BCUT2D eigenvalue weighted by Crippen LogP contribution is 2.25. The van der Waals surface area contributed by atoms with E-state index >= 15 is 0 Å². The molecule has 0 radical (unpaired) electrons. The molecule has 2 unspecified atom stereocenters. The molecule has 0 saturated carbocycles. The predicted octanol–water partition coefficient (Wildman–Crippen LogP) is 1.83. The molecule has 1 fully saturated rings. The van der Waals surface area contributed by atoms with Crippen LogP contribution in [0.15, 0.2) is 0 Å². The molecule has 1 rings (SSSR count). The average Bonchev–Trinajstić information content (AvgIpc) is 2.64. The molecule has 2 atom stereocenters. The Labute approximate surface area is 95.6 Å². The molecule has 0 aromatic carbocycles. The van der Waals surface area contributed by atoms with Crippen molar-refractivity contribution in [1.29, 1.82) is 0 Å². The van der Waals surface area contributed by atoms with Gasteiger partial charge >= 0.3 is 5.97 Å². The van der Waals surface area contributed by atoms with Gasteiger partial charge in [0, 0.05) is 11.5 Å². The highest BCUT2D eigenvalue weighted by molar-refractivity contribution is 7.99. The van der Waals surface area contributed by atoms with E-state index in [0.29, 0.717) is 18.1 Å². The van der Waals surface area contributed by atoms with Gasteiger partial charge in [-0.25, -0.2) is 0 Å². The van der Waals surface area contributed by atoms with Gasteiger partial charge in [-0.15, -0.1) is 0 Å². The first-order valence-corrected chi connectivity index (χ1v) is 6.83. The lowest BCUT2D eigenvalue weighted by Crippen LogP contribution is -2.28. The third-order valence-corrected chi connectivity index (χ3v) is 3.77. The van der Waals surface area contributed by atoms with Crippen molar-refractivity contribution in [1.82, 2.24) is 0 Å². The van der Waals surface area contributed by atoms with Gasteiger partial charge in [0.1, 0.15) is 0 Å². The fraction of sp³-hybridized carbons (Fsp3) is 0.909. The van der Waals surface area contributed by atoms with E-state index in [-0.39, 0.29) is 11.9 Å². The average molecular weight is 232 g/mol. The maximum Gasteiger partial charge on any atom is 0.312 e. The van der Waals surface area contributed by atoms with Gasteiger partial charge in [0.2, 0.25) is 0 Å². The minimum Gasteiger partial charge on any atom is -0.465 e. The smallest absolute Gasteiger partial charge is 0.312 e. The van der Waals surface area contributed by atoms with Crippen molar-refractivity contribution < 1.29 is 14.6 Å². The largest absolute Gasteiger partial charge is 0.465 e. The number of unbranched alkanes of at least 4 members (excludes halogenated alkanes) is 3. The van der Waals surface area contributed by atoms with Crippen molar-refractivity contribution in [3.63, 3.8) is 0 Å². The van der Waals surface area contributed by atoms with Gasteiger partial charge < -0.3 is 9.84 Å². The highest BCUT2D eigenvalue weighted by Gasteiger charge is 2.33. The maximum absolute atomic E-state index is 11.5. The second kappa shape index (κ2) is 7.12. The lowest BCUT2D eigenvalue weighted by atomic mass is 10.1. The van der Waals surface area contributed by atoms with Crippen molar-refractivity contribution in [3.05, 3.63) is 0 Å². The normalized spacial score (nSPS) is 25.5. The number of carbonyl (C=O) groups excluding carboxylic acids is 1. The first kappa shape index (κ1) is 12.8. The Balaban J connectivity index is 2.08. The SMILES string of the molecule is CCCCCCOC(=O)C1CSCC1O. The van der Waals surface area contributed by atoms with E-state index in [1.54, 1.807) is 11.8 Å². The van der Waals surface area contributed by atoms with Crippen molar-refractivity contribution >= 4 is 17.7 Å². The van der Waals surface area contributed by atoms with Crippen molar-refractivity contribution in [2.75, 3.05) is 18.1 Å². The summed E-state index contributed by atoms with van der Waals surface area (Å²) in [5.74, 6) is 0.857. The minimum absolute atomic E-state index is 0.219. The molecule has 3 nitrogen and oxygen atoms in total. The molecule has 4 heteroatoms. The summed E-state index contributed by atoms with van der Waals surface area (Å²) in [7, 11) is 0. The van der Waals surface area contributed by atoms with Crippen LogP contribution in [0.1, 0.15) is 32.6 Å². The van der Waals surface area contributed by atoms with Crippen molar-refractivity contribution in [2.24, 2.45) is 5.92 Å². The number of esters is 1. The molecular formula is C11H20O3S. The molecule has 0 spiro atoms. The van der Waals surface area contributed by atoms with Gasteiger partial charge in [0.25, 0.3) is 0 Å². The zero-order valence-electron chi connectivity index (χ0n) is 9.28. The number of thioether (sulfide) groups is 1. The molecule has 15 heavy (non-hydrogen) atoms. The molecule has 1 saturated heterocycles. The fourth-order valence-electron chi connectivity index (χ4n) is 1.58. The zero-order valence-corrected chi connectivity index (χ0v) is 10.1. The van der Waals surface area contributed by atoms with E-state index < -0.39 is 6.10 Å². The van der Waals surface area contributed by atoms with Crippen LogP contribution in [-0.2, 0) is 9.53 Å². The maximum atomic E-state index is 11.5. The standard InChI is InChI=1S/C11H20O3S/c1-2-3-4-5-6-14-11(13)9-7-15-8-10(9)12/h9-10,12H,2-8H2,1H3. The van der Waals surface area contributed by atoms with E-state index in [0.717, 1.165) is 12.8 Å². The van der Waals surface area contributed by atoms with E-state index in [9.17, 15) is 9.90 Å². The molecule has 0 aromatic rings. The van der Waals surface area contributed by atoms with Crippen molar-refractivity contribution in [2.45, 2.75) is 38.7 Å². The topological polar surface area (TPSA) is 46.5 Å². The van der Waals surface area contributed by atoms with E-state index in [1.807, 2.05) is 0 Å². The molecule has 0 aliphatic carbocycles. The molecule has 1 aliphatic heterocycles. The van der Waals surface area contributed by atoms with Gasteiger partial charge in [-0.05, 0) is 6.42 Å². The van der Waals surface area contributed by atoms with Crippen LogP contribution in [0.4, 0.5) is 0 Å². The number of rotatable bonds is 6. The lowest BCUT2D eigenvalue weighted by molar-refractivity contribution is -0.150. The Morgan fingerprint density at radius 1 is 1.40 bits per heavy atom. The van der Waals surface area contributed by atoms with Crippen LogP contribution >= 0.6 is 11.8 Å². The van der Waals surface area contributed by atoms with E-state index in [4.69, 9.17) is 4.74 Å². The Hall–Kier alpha value is -0.220. The summed E-state index contributed by atoms with van der Waals surface area (Å²) in [6.07, 6.45) is 3.94. The first-order chi connectivity index (χ1) is 7.25. The van der Waals surface area contributed by atoms with E-state index in [1.165, 1.54) is 12.8 Å². The Kier molecular flexibility index (Phi) is 6.10. The van der Waals surface area contributed by atoms with Gasteiger partial charge in [-0.2, -0.15) is 11.8 Å². The van der Waals surface area contributed by atoms with Crippen LogP contribution in [0.3, 0.4) is 0 Å². The summed E-state index contributed by atoms with van der Waals surface area (Å²) in [4.78, 5) is 11.5. The molecule has 0 aromatic heterocycles. The minimum atomic E-state index is -0.502. The van der Waals surface area contributed by atoms with Gasteiger partial charge in [0.05, 0.1) is 18.6 Å². The Morgan fingerprint density at radius 3 is 2.80 bits per heavy atom. The summed E-state index contributed by atoms with van der Waals surface area (Å²) in [5.41, 5.74) is 0. The summed E-state index contributed by atoms with van der Waals surface area (Å²) in [6.45, 7) is 2.66. The molecule has 0 amide bonds. The van der Waals surface area contributed by atoms with Crippen LogP contribution in [-0.4, -0.2) is 35.3 Å². The van der Waals surface area contributed by atoms with Crippen LogP contribution in [0.5, 0.6) is 0 Å². The Morgan fingerprint density at radius 2 is 2.20 bits per heavy atom. The monoisotopic (exact) mass is 232 g/mol. The summed E-state index contributed by atoms with van der Waals surface area (Å²) < 4.78 is 5.13. The first-order valence-electron chi connectivity index (χ1n) is 5.68. The third kappa shape index (κ3) is 4.43. The number of ether oxygens (including phenoxy) is 1. The molecule has 1 aliphatic rings. The molecule has 88 valence electrons. The molecule has 1 N–H and O–H groups in total. The van der Waals surface area contributed by atoms with Crippen molar-refractivity contribution in [3.8, 4) is 0 Å². The second-order valence-electron chi connectivity index (χ2n) is 3.94. The lowest BCUT2D eigenvalue weighted by Gasteiger charge is -2.12. The van der Waals surface area contributed by atoms with Crippen LogP contribution < -0.4 is 0 Å². The summed E-state index contributed by atoms with van der Waals surface area (Å²) in [5, 5.41) is 9.48. The second-order valence-corrected chi connectivity index (χ2v) is 5.01. The summed E-state index contributed by atoms with van der Waals surface area (Å²) in [6, 6.07) is 0. The predicted molar refractivity (Wildman–Crippen MR) is 61.9 cm³/mol. The van der Waals surface area contributed by atoms with Gasteiger partial charge in [-0.1, -0.05) is 26.2 Å².